The normalized spacial score (nSPS) is 14.8. The molecule has 1 aliphatic rings. The van der Waals surface area contributed by atoms with E-state index in [2.05, 4.69) is 67.5 Å². The first-order chi connectivity index (χ1) is 15.2. The molecular formula is C23H31N7S. The van der Waals surface area contributed by atoms with Gasteiger partial charge in [-0.1, -0.05) is 30.3 Å². The van der Waals surface area contributed by atoms with Crippen LogP contribution in [0.1, 0.15) is 40.5 Å². The summed E-state index contributed by atoms with van der Waals surface area (Å²) in [5.74, 6) is 2.56. The fourth-order valence-electron chi connectivity index (χ4n) is 3.65. The third-order valence-corrected chi connectivity index (χ3v) is 6.53. The van der Waals surface area contributed by atoms with Gasteiger partial charge in [-0.15, -0.1) is 21.5 Å². The molecule has 0 aliphatic carbocycles. The number of thiophene rings is 1. The number of hydrogen-bond donors (Lipinski definition) is 2. The number of likely N-dealkylation sites (tertiary alicyclic amines) is 1. The highest BCUT2D eigenvalue weighted by atomic mass is 32.1. The summed E-state index contributed by atoms with van der Waals surface area (Å²) < 4.78 is 1.99. The lowest BCUT2D eigenvalue weighted by molar-refractivity contribution is 0.331. The van der Waals surface area contributed by atoms with Crippen molar-refractivity contribution in [2.24, 2.45) is 12.0 Å². The van der Waals surface area contributed by atoms with Crippen LogP contribution in [0.5, 0.6) is 0 Å². The molecule has 4 rings (SSSR count). The Morgan fingerprint density at radius 1 is 1.03 bits per heavy atom. The molecule has 0 atom stereocenters. The van der Waals surface area contributed by atoms with E-state index >= 15 is 0 Å². The molecule has 2 N–H and O–H groups in total. The molecule has 0 radical (unpaired) electrons. The van der Waals surface area contributed by atoms with Crippen molar-refractivity contribution in [2.75, 3.05) is 13.1 Å². The molecule has 1 fully saturated rings. The van der Waals surface area contributed by atoms with E-state index in [9.17, 15) is 0 Å². The minimum atomic E-state index is 0.572. The van der Waals surface area contributed by atoms with Crippen LogP contribution in [-0.4, -0.2) is 38.7 Å². The summed E-state index contributed by atoms with van der Waals surface area (Å²) in [4.78, 5) is 8.61. The van der Waals surface area contributed by atoms with E-state index in [1.54, 1.807) is 11.3 Å². The maximum Gasteiger partial charge on any atom is 0.192 e. The second-order valence-corrected chi connectivity index (χ2v) is 9.01. The molecule has 0 spiro atoms. The van der Waals surface area contributed by atoms with Gasteiger partial charge < -0.3 is 15.2 Å². The summed E-state index contributed by atoms with van der Waals surface area (Å²) >= 11 is 1.74. The highest BCUT2D eigenvalue weighted by Gasteiger charge is 2.11. The van der Waals surface area contributed by atoms with Crippen molar-refractivity contribution in [1.82, 2.24) is 30.3 Å². The first kappa shape index (κ1) is 21.5. The van der Waals surface area contributed by atoms with Gasteiger partial charge >= 0.3 is 0 Å². The van der Waals surface area contributed by atoms with Gasteiger partial charge in [-0.25, -0.2) is 4.99 Å². The molecule has 3 aromatic rings. The molecule has 2 aromatic heterocycles. The summed E-state index contributed by atoms with van der Waals surface area (Å²) in [5, 5.41) is 17.3. The molecule has 31 heavy (non-hydrogen) atoms. The highest BCUT2D eigenvalue weighted by Crippen LogP contribution is 2.14. The first-order valence-electron chi connectivity index (χ1n) is 10.9. The summed E-state index contributed by atoms with van der Waals surface area (Å²) in [5.41, 5.74) is 2.58. The summed E-state index contributed by atoms with van der Waals surface area (Å²) in [6, 6.07) is 13.0. The second-order valence-electron chi connectivity index (χ2n) is 7.97. The lowest BCUT2D eigenvalue weighted by Crippen LogP contribution is -2.37. The largest absolute Gasteiger partial charge is 0.351 e. The van der Waals surface area contributed by atoms with E-state index in [4.69, 9.17) is 4.99 Å². The summed E-state index contributed by atoms with van der Waals surface area (Å²) in [7, 11) is 1.98. The van der Waals surface area contributed by atoms with E-state index in [1.807, 2.05) is 18.5 Å². The smallest absolute Gasteiger partial charge is 0.192 e. The molecule has 0 bridgehead atoms. The molecule has 3 heterocycles. The van der Waals surface area contributed by atoms with Crippen LogP contribution in [0.4, 0.5) is 0 Å². The Balaban J connectivity index is 1.37. The van der Waals surface area contributed by atoms with Gasteiger partial charge in [-0.2, -0.15) is 0 Å². The van der Waals surface area contributed by atoms with Crippen LogP contribution in [0.15, 0.2) is 46.8 Å². The van der Waals surface area contributed by atoms with Crippen LogP contribution in [0, 0.1) is 6.92 Å². The molecule has 1 aliphatic heterocycles. The van der Waals surface area contributed by atoms with Crippen molar-refractivity contribution in [3.8, 4) is 0 Å². The third-order valence-electron chi connectivity index (χ3n) is 5.65. The van der Waals surface area contributed by atoms with E-state index < -0.39 is 0 Å². The molecule has 0 saturated carbocycles. The van der Waals surface area contributed by atoms with Gasteiger partial charge in [0, 0.05) is 18.5 Å². The molecule has 1 aromatic carbocycles. The van der Waals surface area contributed by atoms with Gasteiger partial charge in [0.15, 0.2) is 11.8 Å². The Labute approximate surface area is 188 Å². The average molecular weight is 438 g/mol. The lowest BCUT2D eigenvalue weighted by Gasteiger charge is -2.14. The van der Waals surface area contributed by atoms with Crippen molar-refractivity contribution in [3.63, 3.8) is 0 Å². The number of hydrogen-bond acceptors (Lipinski definition) is 5. The second kappa shape index (κ2) is 10.5. The Morgan fingerprint density at radius 2 is 1.77 bits per heavy atom. The van der Waals surface area contributed by atoms with Crippen LogP contribution in [0.2, 0.25) is 0 Å². The van der Waals surface area contributed by atoms with Gasteiger partial charge in [-0.05, 0) is 55.4 Å². The number of guanidine groups is 1. The molecular weight excluding hydrogens is 406 g/mol. The molecule has 8 heteroatoms. The van der Waals surface area contributed by atoms with Crippen molar-refractivity contribution >= 4 is 17.3 Å². The van der Waals surface area contributed by atoms with Crippen molar-refractivity contribution in [3.05, 3.63) is 69.4 Å². The standard InChI is InChI=1S/C23H31N7S/c1-18-27-28-22(29(18)2)16-26-23(25-15-21-6-5-13-31-21)24-14-19-7-9-20(10-8-19)17-30-11-3-4-12-30/h5-10,13H,3-4,11-12,14-17H2,1-2H3,(H2,24,25,26). The fraction of sp³-hybridized carbons (Fsp3) is 0.435. The zero-order valence-electron chi connectivity index (χ0n) is 18.3. The van der Waals surface area contributed by atoms with Gasteiger partial charge in [0.2, 0.25) is 0 Å². The van der Waals surface area contributed by atoms with Crippen LogP contribution in [0.25, 0.3) is 0 Å². The number of aliphatic imine (C=N–C) groups is 1. The van der Waals surface area contributed by atoms with Crippen molar-refractivity contribution in [2.45, 2.75) is 45.9 Å². The van der Waals surface area contributed by atoms with Gasteiger partial charge in [-0.3, -0.25) is 4.90 Å². The zero-order chi connectivity index (χ0) is 21.5. The van der Waals surface area contributed by atoms with Crippen LogP contribution >= 0.6 is 11.3 Å². The van der Waals surface area contributed by atoms with Crippen molar-refractivity contribution in [1.29, 1.82) is 0 Å². The van der Waals surface area contributed by atoms with E-state index in [0.717, 1.165) is 30.7 Å². The minimum Gasteiger partial charge on any atom is -0.351 e. The first-order valence-corrected chi connectivity index (χ1v) is 11.7. The predicted octanol–water partition coefficient (Wildman–Crippen LogP) is 3.22. The van der Waals surface area contributed by atoms with E-state index in [1.165, 1.54) is 41.9 Å². The highest BCUT2D eigenvalue weighted by molar-refractivity contribution is 7.09. The lowest BCUT2D eigenvalue weighted by atomic mass is 10.1. The summed E-state index contributed by atoms with van der Waals surface area (Å²) in [6.07, 6.45) is 2.66. The predicted molar refractivity (Wildman–Crippen MR) is 126 cm³/mol. The van der Waals surface area contributed by atoms with Crippen LogP contribution in [-0.2, 0) is 33.2 Å². The maximum atomic E-state index is 4.81. The molecule has 164 valence electrons. The molecule has 1 saturated heterocycles. The van der Waals surface area contributed by atoms with Crippen molar-refractivity contribution < 1.29 is 0 Å². The Morgan fingerprint density at radius 3 is 2.45 bits per heavy atom. The fourth-order valence-corrected chi connectivity index (χ4v) is 4.29. The number of aryl methyl sites for hydroxylation is 1. The molecule has 0 amide bonds. The Bertz CT molecular complexity index is 970. The number of benzene rings is 1. The maximum absolute atomic E-state index is 4.81. The van der Waals surface area contributed by atoms with Crippen LogP contribution in [0.3, 0.4) is 0 Å². The van der Waals surface area contributed by atoms with E-state index in [0.29, 0.717) is 13.1 Å². The molecule has 0 unspecified atom stereocenters. The van der Waals surface area contributed by atoms with Gasteiger partial charge in [0.05, 0.1) is 19.6 Å². The number of nitrogens with zero attached hydrogens (tertiary/aromatic N) is 5. The zero-order valence-corrected chi connectivity index (χ0v) is 19.2. The third kappa shape index (κ3) is 6.15. The quantitative estimate of drug-likeness (QED) is 0.418. The SMILES string of the molecule is Cc1nnc(CNC(=NCc2ccc(CN3CCCC3)cc2)NCc2cccs2)n1C. The Hall–Kier alpha value is -2.71. The monoisotopic (exact) mass is 437 g/mol. The topological polar surface area (TPSA) is 70.4 Å². The number of nitrogens with one attached hydrogen (secondary N) is 2. The van der Waals surface area contributed by atoms with Crippen LogP contribution < -0.4 is 10.6 Å². The number of rotatable bonds is 8. The van der Waals surface area contributed by atoms with Gasteiger partial charge in [0.25, 0.3) is 0 Å². The van der Waals surface area contributed by atoms with Gasteiger partial charge in [0.1, 0.15) is 5.82 Å². The minimum absolute atomic E-state index is 0.572. The number of aromatic nitrogens is 3. The molecule has 7 nitrogen and oxygen atoms in total. The average Bonchev–Trinajstić information content (AvgIpc) is 3.54. The Kier molecular flexibility index (Phi) is 7.32. The van der Waals surface area contributed by atoms with E-state index in [-0.39, 0.29) is 0 Å². The summed E-state index contributed by atoms with van der Waals surface area (Å²) in [6.45, 7) is 7.40.